The van der Waals surface area contributed by atoms with E-state index >= 15 is 0 Å². The van der Waals surface area contributed by atoms with Crippen LogP contribution in [0.4, 0.5) is 4.39 Å². The summed E-state index contributed by atoms with van der Waals surface area (Å²) in [5.41, 5.74) is 7.55. The van der Waals surface area contributed by atoms with Gasteiger partial charge < -0.3 is 5.73 Å². The second kappa shape index (κ2) is 4.55. The van der Waals surface area contributed by atoms with Crippen molar-refractivity contribution in [1.29, 1.82) is 0 Å². The highest BCUT2D eigenvalue weighted by molar-refractivity contribution is 7.10. The van der Waals surface area contributed by atoms with Crippen molar-refractivity contribution in [2.75, 3.05) is 0 Å². The normalized spacial score (nSPS) is 14.6. The van der Waals surface area contributed by atoms with Gasteiger partial charge in [0, 0.05) is 4.88 Å². The molecule has 1 unspecified atom stereocenters. The molecule has 2 nitrogen and oxygen atoms in total. The van der Waals surface area contributed by atoms with E-state index in [0.29, 0.717) is 5.69 Å². The summed E-state index contributed by atoms with van der Waals surface area (Å²) >= 11 is 1.66. The summed E-state index contributed by atoms with van der Waals surface area (Å²) in [7, 11) is 0. The van der Waals surface area contributed by atoms with Gasteiger partial charge in [0.25, 0.3) is 0 Å². The highest BCUT2D eigenvalue weighted by Gasteiger charge is 2.29. The lowest BCUT2D eigenvalue weighted by Crippen LogP contribution is -2.37. The lowest BCUT2D eigenvalue weighted by Gasteiger charge is -2.26. The molecule has 2 rings (SSSR count). The molecule has 0 bridgehead atoms. The summed E-state index contributed by atoms with van der Waals surface area (Å²) in [4.78, 5) is 5.32. The first-order valence-electron chi connectivity index (χ1n) is 5.53. The van der Waals surface area contributed by atoms with Crippen molar-refractivity contribution < 1.29 is 4.39 Å². The summed E-state index contributed by atoms with van der Waals surface area (Å²) in [6.45, 7) is 4.06. The SMILES string of the molecule is CCC(N)(c1csc(C)c1)c1ccc(F)cn1. The molecular weight excluding hydrogens is 235 g/mol. The van der Waals surface area contributed by atoms with Crippen molar-refractivity contribution in [3.05, 3.63) is 51.7 Å². The van der Waals surface area contributed by atoms with E-state index in [0.717, 1.165) is 12.0 Å². The average Bonchev–Trinajstić information content (AvgIpc) is 2.76. The molecule has 0 saturated heterocycles. The third-order valence-corrected chi connectivity index (χ3v) is 3.85. The van der Waals surface area contributed by atoms with Gasteiger partial charge in [0.2, 0.25) is 0 Å². The topological polar surface area (TPSA) is 38.9 Å². The Labute approximate surface area is 104 Å². The Morgan fingerprint density at radius 1 is 1.47 bits per heavy atom. The smallest absolute Gasteiger partial charge is 0.141 e. The van der Waals surface area contributed by atoms with Crippen molar-refractivity contribution >= 4 is 11.3 Å². The predicted octanol–water partition coefficient (Wildman–Crippen LogP) is 3.20. The molecule has 2 aromatic rings. The molecule has 0 aliphatic heterocycles. The Kier molecular flexibility index (Phi) is 3.26. The number of thiophene rings is 1. The van der Waals surface area contributed by atoms with E-state index in [9.17, 15) is 4.39 Å². The lowest BCUT2D eigenvalue weighted by atomic mass is 9.86. The largest absolute Gasteiger partial charge is 0.316 e. The second-order valence-corrected chi connectivity index (χ2v) is 5.25. The number of hydrogen-bond acceptors (Lipinski definition) is 3. The number of halogens is 1. The molecule has 0 fully saturated rings. The minimum atomic E-state index is -0.627. The van der Waals surface area contributed by atoms with Crippen LogP contribution in [-0.4, -0.2) is 4.98 Å². The van der Waals surface area contributed by atoms with Crippen LogP contribution in [0.3, 0.4) is 0 Å². The fourth-order valence-corrected chi connectivity index (χ4v) is 2.64. The molecule has 0 amide bonds. The molecule has 0 radical (unpaired) electrons. The van der Waals surface area contributed by atoms with Gasteiger partial charge in [0.05, 0.1) is 17.4 Å². The van der Waals surface area contributed by atoms with Crippen LogP contribution >= 0.6 is 11.3 Å². The second-order valence-electron chi connectivity index (χ2n) is 4.13. The van der Waals surface area contributed by atoms with E-state index in [1.54, 1.807) is 17.4 Å². The molecule has 2 heterocycles. The van der Waals surface area contributed by atoms with Crippen molar-refractivity contribution in [1.82, 2.24) is 4.98 Å². The predicted molar refractivity (Wildman–Crippen MR) is 68.5 cm³/mol. The van der Waals surface area contributed by atoms with Crippen LogP contribution in [0, 0.1) is 12.7 Å². The van der Waals surface area contributed by atoms with Gasteiger partial charge in [-0.3, -0.25) is 4.98 Å². The van der Waals surface area contributed by atoms with Crippen LogP contribution in [0.2, 0.25) is 0 Å². The summed E-state index contributed by atoms with van der Waals surface area (Å²) in [6.07, 6.45) is 1.94. The summed E-state index contributed by atoms with van der Waals surface area (Å²) in [6, 6.07) is 5.13. The zero-order chi connectivity index (χ0) is 12.5. The highest BCUT2D eigenvalue weighted by Crippen LogP contribution is 2.31. The van der Waals surface area contributed by atoms with E-state index < -0.39 is 5.54 Å². The average molecular weight is 250 g/mol. The molecule has 0 aliphatic carbocycles. The summed E-state index contributed by atoms with van der Waals surface area (Å²) < 4.78 is 12.9. The standard InChI is InChI=1S/C13H15FN2S/c1-3-13(15,10-6-9(2)17-8-10)12-5-4-11(14)7-16-12/h4-8H,3,15H2,1-2H3. The number of aryl methyl sites for hydroxylation is 1. The van der Waals surface area contributed by atoms with Crippen LogP contribution < -0.4 is 5.73 Å². The van der Waals surface area contributed by atoms with E-state index in [4.69, 9.17) is 5.73 Å². The molecule has 0 aliphatic rings. The van der Waals surface area contributed by atoms with Crippen LogP contribution in [0.5, 0.6) is 0 Å². The molecule has 0 saturated carbocycles. The van der Waals surface area contributed by atoms with Crippen molar-refractivity contribution in [2.45, 2.75) is 25.8 Å². The Morgan fingerprint density at radius 2 is 2.24 bits per heavy atom. The number of aromatic nitrogens is 1. The molecule has 90 valence electrons. The Balaban J connectivity index is 2.47. The number of nitrogens with two attached hydrogens (primary N) is 1. The van der Waals surface area contributed by atoms with E-state index in [1.807, 2.05) is 19.2 Å². The first-order chi connectivity index (χ1) is 8.06. The Bertz CT molecular complexity index is 506. The van der Waals surface area contributed by atoms with Gasteiger partial charge in [-0.2, -0.15) is 0 Å². The van der Waals surface area contributed by atoms with Gasteiger partial charge >= 0.3 is 0 Å². The monoisotopic (exact) mass is 250 g/mol. The van der Waals surface area contributed by atoms with Gasteiger partial charge in [-0.1, -0.05) is 6.92 Å². The van der Waals surface area contributed by atoms with Crippen molar-refractivity contribution in [2.24, 2.45) is 5.73 Å². The van der Waals surface area contributed by atoms with Crippen molar-refractivity contribution in [3.63, 3.8) is 0 Å². The third-order valence-electron chi connectivity index (χ3n) is 2.99. The van der Waals surface area contributed by atoms with Gasteiger partial charge in [-0.25, -0.2) is 4.39 Å². The van der Waals surface area contributed by atoms with Crippen LogP contribution in [0.25, 0.3) is 0 Å². The van der Waals surface area contributed by atoms with E-state index in [1.165, 1.54) is 17.1 Å². The highest BCUT2D eigenvalue weighted by atomic mass is 32.1. The number of pyridine rings is 1. The molecule has 4 heteroatoms. The molecule has 0 aromatic carbocycles. The van der Waals surface area contributed by atoms with Gasteiger partial charge in [0.1, 0.15) is 5.82 Å². The first kappa shape index (κ1) is 12.2. The number of nitrogens with zero attached hydrogens (tertiary/aromatic N) is 1. The maximum absolute atomic E-state index is 12.9. The zero-order valence-corrected chi connectivity index (χ0v) is 10.7. The number of hydrogen-bond donors (Lipinski definition) is 1. The van der Waals surface area contributed by atoms with E-state index in [-0.39, 0.29) is 5.82 Å². The fraction of sp³-hybridized carbons (Fsp3) is 0.308. The minimum absolute atomic E-state index is 0.339. The molecule has 2 N–H and O–H groups in total. The summed E-state index contributed by atoms with van der Waals surface area (Å²) in [5, 5.41) is 2.05. The molecule has 2 aromatic heterocycles. The Morgan fingerprint density at radius 3 is 2.71 bits per heavy atom. The lowest BCUT2D eigenvalue weighted by molar-refractivity contribution is 0.500. The molecule has 17 heavy (non-hydrogen) atoms. The minimum Gasteiger partial charge on any atom is -0.316 e. The van der Waals surface area contributed by atoms with E-state index in [2.05, 4.69) is 11.1 Å². The van der Waals surface area contributed by atoms with Gasteiger partial charge in [0.15, 0.2) is 0 Å². The molecule has 1 atom stereocenters. The summed E-state index contributed by atoms with van der Waals surface area (Å²) in [5.74, 6) is -0.339. The Hall–Kier alpha value is -1.26. The van der Waals surface area contributed by atoms with Gasteiger partial charge in [-0.05, 0) is 42.5 Å². The number of rotatable bonds is 3. The van der Waals surface area contributed by atoms with Crippen molar-refractivity contribution in [3.8, 4) is 0 Å². The van der Waals surface area contributed by atoms with Crippen LogP contribution in [0.15, 0.2) is 29.8 Å². The van der Waals surface area contributed by atoms with Crippen LogP contribution in [-0.2, 0) is 5.54 Å². The third kappa shape index (κ3) is 2.23. The first-order valence-corrected chi connectivity index (χ1v) is 6.40. The quantitative estimate of drug-likeness (QED) is 0.908. The molecule has 0 spiro atoms. The fourth-order valence-electron chi connectivity index (χ4n) is 1.85. The molecular formula is C13H15FN2S. The maximum Gasteiger partial charge on any atom is 0.141 e. The van der Waals surface area contributed by atoms with Crippen LogP contribution in [0.1, 0.15) is 29.5 Å². The van der Waals surface area contributed by atoms with Gasteiger partial charge in [-0.15, -0.1) is 11.3 Å². The zero-order valence-electron chi connectivity index (χ0n) is 9.90. The maximum atomic E-state index is 12.9.